The monoisotopic (exact) mass is 426 g/mol. The molecule has 158 valence electrons. The number of carbonyl (C=O) groups is 2. The van der Waals surface area contributed by atoms with Crippen LogP contribution in [0.4, 0.5) is 0 Å². The number of likely N-dealkylation sites (tertiary alicyclic amines) is 1. The van der Waals surface area contributed by atoms with Gasteiger partial charge in [0, 0.05) is 29.4 Å². The Morgan fingerprint density at radius 3 is 2.67 bits per heavy atom. The molecule has 1 fully saturated rings. The van der Waals surface area contributed by atoms with Crippen LogP contribution in [0.2, 0.25) is 0 Å². The first-order valence-corrected chi connectivity index (χ1v) is 11.5. The number of fused-ring (bicyclic) bond motifs is 2. The molecule has 0 atom stereocenters. The highest BCUT2D eigenvalue weighted by Gasteiger charge is 2.29. The number of hydrogen-bond donors (Lipinski definition) is 0. The molecule has 0 saturated carbocycles. The molecule has 0 N–H and O–H groups in total. The Hall–Kier alpha value is -2.38. The highest BCUT2D eigenvalue weighted by atomic mass is 32.1. The van der Waals surface area contributed by atoms with Gasteiger partial charge in [0.15, 0.2) is 17.3 Å². The summed E-state index contributed by atoms with van der Waals surface area (Å²) in [5.74, 6) is 1.73. The van der Waals surface area contributed by atoms with E-state index >= 15 is 0 Å². The Labute approximate surface area is 180 Å². The van der Waals surface area contributed by atoms with Gasteiger partial charge in [0.2, 0.25) is 5.91 Å². The first kappa shape index (κ1) is 19.6. The van der Waals surface area contributed by atoms with E-state index in [0.29, 0.717) is 36.8 Å². The molecule has 3 aliphatic heterocycles. The van der Waals surface area contributed by atoms with Gasteiger partial charge in [0.05, 0.1) is 6.54 Å². The smallest absolute Gasteiger partial charge is 0.237 e. The number of rotatable bonds is 4. The van der Waals surface area contributed by atoms with Crippen molar-refractivity contribution in [3.63, 3.8) is 0 Å². The van der Waals surface area contributed by atoms with Crippen molar-refractivity contribution in [3.05, 3.63) is 45.6 Å². The molecule has 0 aliphatic carbocycles. The fraction of sp³-hybridized carbons (Fsp3) is 0.478. The highest BCUT2D eigenvalue weighted by Crippen LogP contribution is 2.32. The fourth-order valence-electron chi connectivity index (χ4n) is 4.54. The molecular formula is C23H26N2O4S. The second kappa shape index (κ2) is 8.40. The van der Waals surface area contributed by atoms with Crippen molar-refractivity contribution in [2.75, 3.05) is 39.4 Å². The van der Waals surface area contributed by atoms with Gasteiger partial charge in [-0.3, -0.25) is 14.5 Å². The normalized spacial score (nSPS) is 19.4. The van der Waals surface area contributed by atoms with Crippen LogP contribution >= 0.6 is 11.3 Å². The van der Waals surface area contributed by atoms with Crippen molar-refractivity contribution in [3.8, 4) is 11.5 Å². The molecule has 3 aliphatic rings. The van der Waals surface area contributed by atoms with Gasteiger partial charge in [0.25, 0.3) is 0 Å². The number of ether oxygens (including phenoxy) is 2. The number of nitrogens with zero attached hydrogens (tertiary/aromatic N) is 2. The van der Waals surface area contributed by atoms with E-state index in [-0.39, 0.29) is 17.6 Å². The Balaban J connectivity index is 1.14. The van der Waals surface area contributed by atoms with Gasteiger partial charge >= 0.3 is 0 Å². The molecule has 1 amide bonds. The fourth-order valence-corrected chi connectivity index (χ4v) is 5.43. The predicted molar refractivity (Wildman–Crippen MR) is 114 cm³/mol. The zero-order chi connectivity index (χ0) is 20.5. The SMILES string of the molecule is O=C(c1ccc2c(c1)OCCO2)C1CCN(CC(=O)N2CCc3sccc3C2)CC1. The van der Waals surface area contributed by atoms with Gasteiger partial charge in [-0.25, -0.2) is 0 Å². The third-order valence-electron chi connectivity index (χ3n) is 6.30. The Morgan fingerprint density at radius 2 is 1.83 bits per heavy atom. The molecule has 2 aromatic rings. The minimum absolute atomic E-state index is 0.00209. The van der Waals surface area contributed by atoms with E-state index in [9.17, 15) is 9.59 Å². The van der Waals surface area contributed by atoms with Crippen LogP contribution in [-0.4, -0.2) is 60.9 Å². The van der Waals surface area contributed by atoms with Crippen LogP contribution in [0.1, 0.15) is 33.6 Å². The lowest BCUT2D eigenvalue weighted by Gasteiger charge is -2.33. The summed E-state index contributed by atoms with van der Waals surface area (Å²) in [5.41, 5.74) is 1.98. The number of amides is 1. The molecule has 0 unspecified atom stereocenters. The van der Waals surface area contributed by atoms with Crippen LogP contribution in [0.25, 0.3) is 0 Å². The average Bonchev–Trinajstić information content (AvgIpc) is 3.27. The molecule has 7 heteroatoms. The molecule has 1 saturated heterocycles. The second-order valence-electron chi connectivity index (χ2n) is 8.21. The molecule has 0 spiro atoms. The van der Waals surface area contributed by atoms with Gasteiger partial charge in [0.1, 0.15) is 13.2 Å². The van der Waals surface area contributed by atoms with E-state index in [2.05, 4.69) is 16.3 Å². The minimum atomic E-state index is 0.00209. The quantitative estimate of drug-likeness (QED) is 0.704. The van der Waals surface area contributed by atoms with Gasteiger partial charge in [-0.1, -0.05) is 0 Å². The topological polar surface area (TPSA) is 59.1 Å². The summed E-state index contributed by atoms with van der Waals surface area (Å²) in [6, 6.07) is 7.60. The molecule has 4 heterocycles. The van der Waals surface area contributed by atoms with Crippen molar-refractivity contribution in [1.29, 1.82) is 0 Å². The van der Waals surface area contributed by atoms with Crippen LogP contribution in [0, 0.1) is 5.92 Å². The molecule has 0 bridgehead atoms. The maximum Gasteiger partial charge on any atom is 0.237 e. The number of ketones is 1. The van der Waals surface area contributed by atoms with Gasteiger partial charge in [-0.2, -0.15) is 0 Å². The summed E-state index contributed by atoms with van der Waals surface area (Å²) in [4.78, 5) is 31.3. The van der Waals surface area contributed by atoms with E-state index < -0.39 is 0 Å². The Morgan fingerprint density at radius 1 is 1.03 bits per heavy atom. The van der Waals surface area contributed by atoms with Crippen LogP contribution in [0.5, 0.6) is 11.5 Å². The maximum atomic E-state index is 13.0. The summed E-state index contributed by atoms with van der Waals surface area (Å²) in [5, 5.41) is 2.11. The van der Waals surface area contributed by atoms with Crippen molar-refractivity contribution >= 4 is 23.0 Å². The third kappa shape index (κ3) is 3.96. The van der Waals surface area contributed by atoms with E-state index in [0.717, 1.165) is 45.4 Å². The van der Waals surface area contributed by atoms with Crippen LogP contribution in [-0.2, 0) is 17.8 Å². The lowest BCUT2D eigenvalue weighted by Crippen LogP contribution is -2.45. The molecular weight excluding hydrogens is 400 g/mol. The summed E-state index contributed by atoms with van der Waals surface area (Å²) in [6.45, 7) is 4.62. The van der Waals surface area contributed by atoms with E-state index in [4.69, 9.17) is 9.47 Å². The van der Waals surface area contributed by atoms with Crippen LogP contribution < -0.4 is 9.47 Å². The lowest BCUT2D eigenvalue weighted by molar-refractivity contribution is -0.133. The molecule has 1 aromatic heterocycles. The molecule has 5 rings (SSSR count). The van der Waals surface area contributed by atoms with E-state index in [1.54, 1.807) is 11.3 Å². The lowest BCUT2D eigenvalue weighted by atomic mass is 9.88. The van der Waals surface area contributed by atoms with Crippen LogP contribution in [0.3, 0.4) is 0 Å². The van der Waals surface area contributed by atoms with E-state index in [1.165, 1.54) is 10.4 Å². The number of benzene rings is 1. The van der Waals surface area contributed by atoms with Gasteiger partial charge < -0.3 is 14.4 Å². The number of hydrogen-bond acceptors (Lipinski definition) is 6. The first-order chi connectivity index (χ1) is 14.7. The standard InChI is InChI=1S/C23H26N2O4S/c26-22(25-9-5-21-18(14-25)6-12-30-21)15-24-7-3-16(4-8-24)23(27)17-1-2-19-20(13-17)29-11-10-28-19/h1-2,6,12-13,16H,3-5,7-11,14-15H2. The van der Waals surface area contributed by atoms with Gasteiger partial charge in [-0.15, -0.1) is 11.3 Å². The number of carbonyl (C=O) groups excluding carboxylic acids is 2. The summed E-state index contributed by atoms with van der Waals surface area (Å²) >= 11 is 1.79. The minimum Gasteiger partial charge on any atom is -0.486 e. The zero-order valence-corrected chi connectivity index (χ0v) is 17.8. The molecule has 1 aromatic carbocycles. The van der Waals surface area contributed by atoms with Crippen molar-refractivity contribution in [1.82, 2.24) is 9.80 Å². The van der Waals surface area contributed by atoms with Crippen molar-refractivity contribution < 1.29 is 19.1 Å². The molecule has 6 nitrogen and oxygen atoms in total. The summed E-state index contributed by atoms with van der Waals surface area (Å²) in [6.07, 6.45) is 2.54. The Kier molecular flexibility index (Phi) is 5.48. The number of Topliss-reactive ketones (excluding diaryl/α,β-unsaturated/α-hetero) is 1. The number of thiophene rings is 1. The largest absolute Gasteiger partial charge is 0.486 e. The van der Waals surface area contributed by atoms with Crippen LogP contribution in [0.15, 0.2) is 29.6 Å². The predicted octanol–water partition coefficient (Wildman–Crippen LogP) is 3.00. The maximum absolute atomic E-state index is 13.0. The molecule has 30 heavy (non-hydrogen) atoms. The number of piperidine rings is 1. The zero-order valence-electron chi connectivity index (χ0n) is 17.0. The summed E-state index contributed by atoms with van der Waals surface area (Å²) < 4.78 is 11.2. The highest BCUT2D eigenvalue weighted by molar-refractivity contribution is 7.10. The third-order valence-corrected chi connectivity index (χ3v) is 7.33. The molecule has 0 radical (unpaired) electrons. The van der Waals surface area contributed by atoms with Gasteiger partial charge in [-0.05, 0) is 67.6 Å². The first-order valence-electron chi connectivity index (χ1n) is 10.7. The summed E-state index contributed by atoms with van der Waals surface area (Å²) in [7, 11) is 0. The Bertz CT molecular complexity index is 948. The van der Waals surface area contributed by atoms with Crippen molar-refractivity contribution in [2.24, 2.45) is 5.92 Å². The van der Waals surface area contributed by atoms with E-state index in [1.807, 2.05) is 23.1 Å². The second-order valence-corrected chi connectivity index (χ2v) is 9.21. The van der Waals surface area contributed by atoms with Crippen molar-refractivity contribution in [2.45, 2.75) is 25.8 Å². The average molecular weight is 427 g/mol.